The molecule has 0 saturated heterocycles. The molecule has 0 heterocycles. The van der Waals surface area contributed by atoms with Gasteiger partial charge in [-0.3, -0.25) is 0 Å². The largest absolute Gasteiger partial charge is 0.492 e. The van der Waals surface area contributed by atoms with E-state index >= 15 is 0 Å². The highest BCUT2D eigenvalue weighted by molar-refractivity contribution is 6.31. The van der Waals surface area contributed by atoms with Crippen molar-refractivity contribution in [3.05, 3.63) is 28.3 Å². The molecule has 0 radical (unpaired) electrons. The van der Waals surface area contributed by atoms with Gasteiger partial charge in [0, 0.05) is 0 Å². The number of hydrogen-bond acceptors (Lipinski definition) is 2. The fraction of sp³-hybridized carbons (Fsp3) is 0.125. The molecule has 0 aliphatic heterocycles. The summed E-state index contributed by atoms with van der Waals surface area (Å²) in [6.45, 7) is 0. The number of benzene rings is 1. The Morgan fingerprint density at radius 3 is 2.62 bits per heavy atom. The van der Waals surface area contributed by atoms with Crippen molar-refractivity contribution < 1.29 is 13.5 Å². The van der Waals surface area contributed by atoms with Crippen molar-refractivity contribution in [2.75, 3.05) is 7.11 Å². The summed E-state index contributed by atoms with van der Waals surface area (Å²) in [7, 11) is 1.17. The number of hydrogen-bond donors (Lipinski definition) is 0. The zero-order valence-corrected chi connectivity index (χ0v) is 7.32. The monoisotopic (exact) mass is 203 g/mol. The molecular weight excluding hydrogens is 200 g/mol. The van der Waals surface area contributed by atoms with Crippen molar-refractivity contribution in [3.8, 4) is 11.8 Å². The minimum Gasteiger partial charge on any atom is -0.492 e. The Bertz CT molecular complexity index is 387. The van der Waals surface area contributed by atoms with Crippen LogP contribution in [0.25, 0.3) is 0 Å². The van der Waals surface area contributed by atoms with Gasteiger partial charge in [0.25, 0.3) is 0 Å². The lowest BCUT2D eigenvalue weighted by atomic mass is 10.2. The lowest BCUT2D eigenvalue weighted by Gasteiger charge is -2.05. The van der Waals surface area contributed by atoms with E-state index in [0.29, 0.717) is 0 Å². The van der Waals surface area contributed by atoms with E-state index in [-0.39, 0.29) is 11.3 Å². The number of methoxy groups -OCH3 is 1. The first-order valence-corrected chi connectivity index (χ1v) is 3.61. The summed E-state index contributed by atoms with van der Waals surface area (Å²) >= 11 is 5.25. The third-order valence-electron chi connectivity index (χ3n) is 1.44. The summed E-state index contributed by atoms with van der Waals surface area (Å²) in [6.07, 6.45) is 0. The van der Waals surface area contributed by atoms with Crippen molar-refractivity contribution in [1.29, 1.82) is 5.26 Å². The Balaban J connectivity index is 3.50. The fourth-order valence-electron chi connectivity index (χ4n) is 0.861. The standard InChI is InChI=1S/C8H4ClF2NO/c1-13-8-4(3-12)2-5(10)6(9)7(8)11/h2H,1H3. The second-order valence-electron chi connectivity index (χ2n) is 2.18. The predicted octanol–water partition coefficient (Wildman–Crippen LogP) is 2.50. The molecule has 0 spiro atoms. The highest BCUT2D eigenvalue weighted by Crippen LogP contribution is 2.30. The van der Waals surface area contributed by atoms with Gasteiger partial charge in [-0.15, -0.1) is 0 Å². The highest BCUT2D eigenvalue weighted by Gasteiger charge is 2.17. The van der Waals surface area contributed by atoms with Gasteiger partial charge in [-0.05, 0) is 6.07 Å². The first-order chi connectivity index (χ1) is 6.11. The molecule has 1 rings (SSSR count). The molecule has 0 atom stereocenters. The number of halogens is 3. The fourth-order valence-corrected chi connectivity index (χ4v) is 1.00. The van der Waals surface area contributed by atoms with E-state index in [9.17, 15) is 8.78 Å². The summed E-state index contributed by atoms with van der Waals surface area (Å²) in [5.74, 6) is -2.37. The van der Waals surface area contributed by atoms with Crippen molar-refractivity contribution >= 4 is 11.6 Å². The average molecular weight is 204 g/mol. The van der Waals surface area contributed by atoms with E-state index in [2.05, 4.69) is 4.74 Å². The third-order valence-corrected chi connectivity index (χ3v) is 1.79. The molecule has 1 aromatic rings. The van der Waals surface area contributed by atoms with Gasteiger partial charge in [-0.25, -0.2) is 8.78 Å². The molecule has 0 aliphatic carbocycles. The number of nitriles is 1. The van der Waals surface area contributed by atoms with Crippen LogP contribution in [-0.2, 0) is 0 Å². The molecule has 0 amide bonds. The van der Waals surface area contributed by atoms with Gasteiger partial charge in [0.1, 0.15) is 22.5 Å². The van der Waals surface area contributed by atoms with Gasteiger partial charge in [0.05, 0.1) is 7.11 Å². The molecule has 68 valence electrons. The van der Waals surface area contributed by atoms with Gasteiger partial charge >= 0.3 is 0 Å². The predicted molar refractivity (Wildman–Crippen MR) is 42.6 cm³/mol. The van der Waals surface area contributed by atoms with Crippen LogP contribution in [0.4, 0.5) is 8.78 Å². The van der Waals surface area contributed by atoms with Crippen molar-refractivity contribution in [2.45, 2.75) is 0 Å². The molecule has 0 N–H and O–H groups in total. The number of nitrogens with zero attached hydrogens (tertiary/aromatic N) is 1. The minimum absolute atomic E-state index is 0.220. The normalized spacial score (nSPS) is 9.46. The molecule has 0 fully saturated rings. The molecule has 1 aromatic carbocycles. The van der Waals surface area contributed by atoms with Crippen LogP contribution in [0.15, 0.2) is 6.07 Å². The first-order valence-electron chi connectivity index (χ1n) is 3.23. The smallest absolute Gasteiger partial charge is 0.187 e. The lowest BCUT2D eigenvalue weighted by molar-refractivity contribution is 0.383. The zero-order chi connectivity index (χ0) is 10.0. The summed E-state index contributed by atoms with van der Waals surface area (Å²) in [6, 6.07) is 2.42. The third kappa shape index (κ3) is 1.56. The molecular formula is C8H4ClF2NO. The minimum atomic E-state index is -1.05. The molecule has 0 aliphatic rings. The Morgan fingerprint density at radius 2 is 2.15 bits per heavy atom. The van der Waals surface area contributed by atoms with Crippen LogP contribution in [0.1, 0.15) is 5.56 Å². The maximum atomic E-state index is 13.1. The van der Waals surface area contributed by atoms with Gasteiger partial charge in [0.2, 0.25) is 0 Å². The van der Waals surface area contributed by atoms with E-state index in [1.165, 1.54) is 7.11 Å². The van der Waals surface area contributed by atoms with Crippen molar-refractivity contribution in [2.24, 2.45) is 0 Å². The lowest BCUT2D eigenvalue weighted by Crippen LogP contribution is -1.95. The molecule has 0 bridgehead atoms. The van der Waals surface area contributed by atoms with Crippen LogP contribution in [0.2, 0.25) is 5.02 Å². The van der Waals surface area contributed by atoms with Crippen LogP contribution < -0.4 is 4.74 Å². The Kier molecular flexibility index (Phi) is 2.69. The summed E-state index contributed by atoms with van der Waals surface area (Å²) in [4.78, 5) is 0. The average Bonchev–Trinajstić information content (AvgIpc) is 2.13. The van der Waals surface area contributed by atoms with Crippen molar-refractivity contribution in [1.82, 2.24) is 0 Å². The number of ether oxygens (including phenoxy) is 1. The van der Waals surface area contributed by atoms with E-state index in [1.54, 1.807) is 6.07 Å². The summed E-state index contributed by atoms with van der Waals surface area (Å²) in [5.41, 5.74) is -0.220. The molecule has 2 nitrogen and oxygen atoms in total. The number of rotatable bonds is 1. The van der Waals surface area contributed by atoms with Crippen LogP contribution in [0.3, 0.4) is 0 Å². The van der Waals surface area contributed by atoms with Crippen LogP contribution in [-0.4, -0.2) is 7.11 Å². The van der Waals surface area contributed by atoms with Gasteiger partial charge in [-0.1, -0.05) is 11.6 Å². The van der Waals surface area contributed by atoms with E-state index < -0.39 is 16.7 Å². The topological polar surface area (TPSA) is 33.0 Å². The second kappa shape index (κ2) is 3.58. The Morgan fingerprint density at radius 1 is 1.54 bits per heavy atom. The second-order valence-corrected chi connectivity index (χ2v) is 2.56. The van der Waals surface area contributed by atoms with Gasteiger partial charge in [-0.2, -0.15) is 5.26 Å². The summed E-state index contributed by atoms with van der Waals surface area (Å²) < 4.78 is 30.4. The quantitative estimate of drug-likeness (QED) is 0.657. The van der Waals surface area contributed by atoms with Gasteiger partial charge < -0.3 is 4.74 Å². The highest BCUT2D eigenvalue weighted by atomic mass is 35.5. The van der Waals surface area contributed by atoms with Crippen molar-refractivity contribution in [3.63, 3.8) is 0 Å². The first kappa shape index (κ1) is 9.75. The van der Waals surface area contributed by atoms with E-state index in [0.717, 1.165) is 6.07 Å². The zero-order valence-electron chi connectivity index (χ0n) is 6.57. The Hall–Kier alpha value is -1.34. The Labute approximate surface area is 78.3 Å². The molecule has 0 saturated carbocycles. The van der Waals surface area contributed by atoms with Crippen LogP contribution in [0, 0.1) is 23.0 Å². The molecule has 0 unspecified atom stereocenters. The van der Waals surface area contributed by atoms with E-state index in [1.807, 2.05) is 0 Å². The molecule has 0 aromatic heterocycles. The summed E-state index contributed by atoms with van der Waals surface area (Å²) in [5, 5.41) is 7.81. The molecule has 13 heavy (non-hydrogen) atoms. The van der Waals surface area contributed by atoms with Gasteiger partial charge in [0.15, 0.2) is 11.6 Å². The SMILES string of the molecule is COc1c(C#N)cc(F)c(Cl)c1F. The maximum absolute atomic E-state index is 13.1. The van der Waals surface area contributed by atoms with Crippen LogP contribution >= 0.6 is 11.6 Å². The molecule has 5 heteroatoms. The van der Waals surface area contributed by atoms with E-state index in [4.69, 9.17) is 16.9 Å². The van der Waals surface area contributed by atoms with Crippen LogP contribution in [0.5, 0.6) is 5.75 Å². The maximum Gasteiger partial charge on any atom is 0.187 e.